The Morgan fingerprint density at radius 3 is 2.56 bits per heavy atom. The van der Waals surface area contributed by atoms with Gasteiger partial charge in [-0.2, -0.15) is 4.39 Å². The number of hydrogen-bond donors (Lipinski definition) is 3. The summed E-state index contributed by atoms with van der Waals surface area (Å²) in [5.74, 6) is 6.86. The summed E-state index contributed by atoms with van der Waals surface area (Å²) in [4.78, 5) is 9.07. The Balaban J connectivity index is 1.49. The highest BCUT2D eigenvalue weighted by Crippen LogP contribution is 2.30. The van der Waals surface area contributed by atoms with Crippen LogP contribution in [0.5, 0.6) is 5.75 Å². The number of hydrazine groups is 1. The van der Waals surface area contributed by atoms with E-state index in [-0.39, 0.29) is 17.8 Å². The fourth-order valence-electron chi connectivity index (χ4n) is 4.05. The number of benzene rings is 1. The lowest BCUT2D eigenvalue weighted by Gasteiger charge is -2.24. The zero-order valence-corrected chi connectivity index (χ0v) is 20.4. The van der Waals surface area contributed by atoms with Gasteiger partial charge in [-0.15, -0.1) is 0 Å². The average Bonchev–Trinajstić information content (AvgIpc) is 3.21. The van der Waals surface area contributed by atoms with E-state index < -0.39 is 0 Å². The first-order chi connectivity index (χ1) is 16.4. The molecule has 0 aliphatic heterocycles. The normalized spacial score (nSPS) is 15.1. The molecule has 0 unspecified atom stereocenters. The summed E-state index contributed by atoms with van der Waals surface area (Å²) in [5, 5.41) is 4.68. The summed E-state index contributed by atoms with van der Waals surface area (Å²) in [6.45, 7) is 2.18. The number of nitrogens with two attached hydrogens (primary N) is 2. The van der Waals surface area contributed by atoms with Crippen molar-refractivity contribution < 1.29 is 9.13 Å². The molecule has 1 aromatic carbocycles. The van der Waals surface area contributed by atoms with Gasteiger partial charge in [-0.1, -0.05) is 48.1 Å². The third kappa shape index (κ3) is 5.66. The summed E-state index contributed by atoms with van der Waals surface area (Å²) in [6, 6.07) is 13.0. The van der Waals surface area contributed by atoms with Crippen molar-refractivity contribution in [2.24, 2.45) is 11.6 Å². The molecule has 1 saturated carbocycles. The Kier molecular flexibility index (Phi) is 7.64. The molecule has 0 atom stereocenters. The minimum atomic E-state index is -0.348. The predicted molar refractivity (Wildman–Crippen MR) is 136 cm³/mol. The van der Waals surface area contributed by atoms with Gasteiger partial charge in [-0.25, -0.2) is 15.8 Å². The molecular formula is C25H31FN6OS. The molecule has 4 rings (SSSR count). The Morgan fingerprint density at radius 2 is 1.88 bits per heavy atom. The van der Waals surface area contributed by atoms with Gasteiger partial charge in [0.1, 0.15) is 11.4 Å². The van der Waals surface area contributed by atoms with E-state index >= 15 is 0 Å². The topological polar surface area (TPSA) is 102 Å². The number of aromatic nitrogens is 2. The van der Waals surface area contributed by atoms with Gasteiger partial charge >= 0.3 is 0 Å². The van der Waals surface area contributed by atoms with Gasteiger partial charge in [0.15, 0.2) is 5.13 Å². The lowest BCUT2D eigenvalue weighted by atomic mass is 9.98. The smallest absolute Gasteiger partial charge is 0.206 e. The first kappa shape index (κ1) is 24.0. The van der Waals surface area contributed by atoms with Gasteiger partial charge in [0.05, 0.1) is 35.4 Å². The second-order valence-electron chi connectivity index (χ2n) is 8.49. The van der Waals surface area contributed by atoms with Crippen molar-refractivity contribution in [3.8, 4) is 17.0 Å². The molecule has 180 valence electrons. The van der Waals surface area contributed by atoms with E-state index in [0.717, 1.165) is 41.2 Å². The number of aryl methyl sites for hydroxylation is 1. The van der Waals surface area contributed by atoms with Crippen LogP contribution in [-0.2, 0) is 0 Å². The molecule has 2 heterocycles. The van der Waals surface area contributed by atoms with E-state index in [9.17, 15) is 4.39 Å². The first-order valence-corrected chi connectivity index (χ1v) is 12.3. The van der Waals surface area contributed by atoms with Crippen molar-refractivity contribution in [1.82, 2.24) is 15.0 Å². The maximum absolute atomic E-state index is 14.5. The average molecular weight is 483 g/mol. The van der Waals surface area contributed by atoms with Crippen LogP contribution in [0.2, 0.25) is 0 Å². The highest BCUT2D eigenvalue weighted by molar-refractivity contribution is 7.14. The Hall–Kier alpha value is -3.17. The van der Waals surface area contributed by atoms with E-state index in [0.29, 0.717) is 27.9 Å². The third-order valence-electron chi connectivity index (χ3n) is 5.94. The number of anilines is 1. The monoisotopic (exact) mass is 482 g/mol. The Morgan fingerprint density at radius 1 is 1.15 bits per heavy atom. The van der Waals surface area contributed by atoms with Crippen LogP contribution in [0, 0.1) is 12.1 Å². The van der Waals surface area contributed by atoms with Gasteiger partial charge in [0.2, 0.25) is 5.13 Å². The van der Waals surface area contributed by atoms with Gasteiger partial charge in [0, 0.05) is 12.6 Å². The molecule has 0 radical (unpaired) electrons. The van der Waals surface area contributed by atoms with Crippen molar-refractivity contribution in [3.63, 3.8) is 0 Å². The second-order valence-corrected chi connectivity index (χ2v) is 9.44. The number of nitrogens with one attached hydrogen (secondary N) is 1. The summed E-state index contributed by atoms with van der Waals surface area (Å²) in [5.41, 5.74) is 9.95. The van der Waals surface area contributed by atoms with E-state index in [1.165, 1.54) is 24.3 Å². The molecular weight excluding hydrogens is 451 g/mol. The Labute approximate surface area is 203 Å². The Bertz CT molecular complexity index is 1140. The number of likely N-dealkylation sites (N-methyl/N-ethyl adjacent to an activating group) is 1. The van der Waals surface area contributed by atoms with E-state index in [2.05, 4.69) is 15.3 Å². The summed E-state index contributed by atoms with van der Waals surface area (Å²) in [7, 11) is 1.70. The SMILES string of the molecule is Cc1nc(/C(N)=C(\CNc2nc(-c3ccccc3)c(F)s2)N(C)N)ccc1OC1CCCCC1. The molecule has 34 heavy (non-hydrogen) atoms. The van der Waals surface area contributed by atoms with Crippen LogP contribution >= 0.6 is 11.3 Å². The third-order valence-corrected chi connectivity index (χ3v) is 6.74. The van der Waals surface area contributed by atoms with Gasteiger partial charge in [-0.05, 0) is 44.7 Å². The van der Waals surface area contributed by atoms with Crippen LogP contribution in [0.15, 0.2) is 48.2 Å². The molecule has 2 aromatic heterocycles. The minimum Gasteiger partial charge on any atom is -0.489 e. The van der Waals surface area contributed by atoms with Gasteiger partial charge < -0.3 is 20.8 Å². The molecule has 5 N–H and O–H groups in total. The van der Waals surface area contributed by atoms with Crippen molar-refractivity contribution in [2.75, 3.05) is 18.9 Å². The van der Waals surface area contributed by atoms with Crippen LogP contribution in [0.25, 0.3) is 17.0 Å². The molecule has 7 nitrogen and oxygen atoms in total. The standard InChI is InChI=1S/C25H31FN6OS/c1-16-21(33-18-11-7-4-8-12-18)14-13-19(30-16)22(27)20(32(2)28)15-29-25-31-23(24(26)34-25)17-9-5-3-6-10-17/h3,5-6,9-10,13-14,18H,4,7-8,11-12,15,27-28H2,1-2H3,(H,29,31)/b22-20-. The highest BCUT2D eigenvalue weighted by Gasteiger charge is 2.18. The molecule has 0 bridgehead atoms. The van der Waals surface area contributed by atoms with Crippen molar-refractivity contribution in [3.05, 3.63) is 64.7 Å². The molecule has 1 aliphatic rings. The van der Waals surface area contributed by atoms with Gasteiger partial charge in [0.25, 0.3) is 0 Å². The highest BCUT2D eigenvalue weighted by atomic mass is 32.1. The molecule has 1 aliphatic carbocycles. The van der Waals surface area contributed by atoms with Crippen LogP contribution in [0.4, 0.5) is 9.52 Å². The zero-order valence-electron chi connectivity index (χ0n) is 19.6. The number of pyridine rings is 1. The number of thiazole rings is 1. The number of nitrogens with zero attached hydrogens (tertiary/aromatic N) is 3. The maximum atomic E-state index is 14.5. The zero-order chi connectivity index (χ0) is 24.1. The fourth-order valence-corrected chi connectivity index (χ4v) is 4.76. The minimum absolute atomic E-state index is 0.252. The molecule has 0 spiro atoms. The van der Waals surface area contributed by atoms with Crippen molar-refractivity contribution in [1.29, 1.82) is 0 Å². The van der Waals surface area contributed by atoms with Gasteiger partial charge in [-0.3, -0.25) is 0 Å². The fraction of sp³-hybridized carbons (Fsp3) is 0.360. The van der Waals surface area contributed by atoms with E-state index in [1.54, 1.807) is 7.05 Å². The quantitative estimate of drug-likeness (QED) is 0.310. The number of hydrogen-bond acceptors (Lipinski definition) is 8. The maximum Gasteiger partial charge on any atom is 0.206 e. The number of rotatable bonds is 8. The first-order valence-electron chi connectivity index (χ1n) is 11.5. The largest absolute Gasteiger partial charge is 0.489 e. The van der Waals surface area contributed by atoms with E-state index in [4.69, 9.17) is 16.3 Å². The van der Waals surface area contributed by atoms with Crippen molar-refractivity contribution in [2.45, 2.75) is 45.1 Å². The van der Waals surface area contributed by atoms with Crippen LogP contribution in [0.1, 0.15) is 43.5 Å². The molecule has 0 amide bonds. The summed E-state index contributed by atoms with van der Waals surface area (Å²) < 4.78 is 20.6. The molecule has 3 aromatic rings. The number of halogens is 1. The molecule has 9 heteroatoms. The molecule has 0 saturated heterocycles. The lowest BCUT2D eigenvalue weighted by molar-refractivity contribution is 0.153. The predicted octanol–water partition coefficient (Wildman–Crippen LogP) is 4.91. The van der Waals surface area contributed by atoms with Crippen molar-refractivity contribution >= 4 is 22.2 Å². The summed E-state index contributed by atoms with van der Waals surface area (Å²) in [6.07, 6.45) is 6.12. The van der Waals surface area contributed by atoms with Crippen LogP contribution in [0.3, 0.4) is 0 Å². The lowest BCUT2D eigenvalue weighted by Crippen LogP contribution is -2.32. The molecule has 1 fully saturated rings. The van der Waals surface area contributed by atoms with Crippen LogP contribution < -0.4 is 21.6 Å². The number of ether oxygens (including phenoxy) is 1. The second kappa shape index (κ2) is 10.8. The van der Waals surface area contributed by atoms with E-state index in [1.807, 2.05) is 49.4 Å². The summed E-state index contributed by atoms with van der Waals surface area (Å²) >= 11 is 0.947. The van der Waals surface area contributed by atoms with Crippen LogP contribution in [-0.4, -0.2) is 34.7 Å².